The molecular formula is C18H27IN4OS. The first-order valence-corrected chi connectivity index (χ1v) is 9.06. The van der Waals surface area contributed by atoms with Crippen molar-refractivity contribution in [3.63, 3.8) is 0 Å². The van der Waals surface area contributed by atoms with Gasteiger partial charge in [-0.05, 0) is 32.4 Å². The van der Waals surface area contributed by atoms with Gasteiger partial charge >= 0.3 is 0 Å². The number of nitrogens with zero attached hydrogens (tertiary/aromatic N) is 2. The Hall–Kier alpha value is -1.35. The van der Waals surface area contributed by atoms with Gasteiger partial charge in [0.05, 0.1) is 17.3 Å². The normalized spacial score (nSPS) is 10.9. The van der Waals surface area contributed by atoms with Gasteiger partial charge in [0.1, 0.15) is 5.75 Å². The zero-order valence-corrected chi connectivity index (χ0v) is 18.2. The molecule has 1 aromatic carbocycles. The molecule has 0 unspecified atom stereocenters. The van der Waals surface area contributed by atoms with Crippen LogP contribution in [0.2, 0.25) is 0 Å². The molecule has 2 N–H and O–H groups in total. The van der Waals surface area contributed by atoms with E-state index in [1.54, 1.807) is 18.4 Å². The zero-order valence-electron chi connectivity index (χ0n) is 15.0. The van der Waals surface area contributed by atoms with Crippen molar-refractivity contribution in [2.75, 3.05) is 26.7 Å². The van der Waals surface area contributed by atoms with Crippen molar-refractivity contribution in [3.05, 3.63) is 45.9 Å². The number of guanidine groups is 1. The van der Waals surface area contributed by atoms with Gasteiger partial charge in [0, 0.05) is 31.4 Å². The number of aryl methyl sites for hydroxylation is 2. The minimum Gasteiger partial charge on any atom is -0.494 e. The minimum atomic E-state index is 0. The van der Waals surface area contributed by atoms with Crippen molar-refractivity contribution in [2.24, 2.45) is 4.99 Å². The number of para-hydroxylation sites is 1. The fourth-order valence-corrected chi connectivity index (χ4v) is 3.07. The second-order valence-electron chi connectivity index (χ2n) is 5.44. The summed E-state index contributed by atoms with van der Waals surface area (Å²) < 4.78 is 5.67. The van der Waals surface area contributed by atoms with Gasteiger partial charge in [-0.2, -0.15) is 0 Å². The van der Waals surface area contributed by atoms with E-state index in [0.717, 1.165) is 43.3 Å². The first kappa shape index (κ1) is 21.7. The average Bonchev–Trinajstić information content (AvgIpc) is 2.92. The van der Waals surface area contributed by atoms with Crippen molar-refractivity contribution >= 4 is 41.3 Å². The lowest BCUT2D eigenvalue weighted by atomic mass is 10.3. The summed E-state index contributed by atoms with van der Waals surface area (Å²) in [6, 6.07) is 9.87. The molecule has 7 heteroatoms. The highest BCUT2D eigenvalue weighted by Gasteiger charge is 2.04. The highest BCUT2D eigenvalue weighted by atomic mass is 127. The summed E-state index contributed by atoms with van der Waals surface area (Å²) in [5, 5.41) is 7.79. The molecule has 0 atom stereocenters. The van der Waals surface area contributed by atoms with E-state index in [1.165, 1.54) is 9.88 Å². The van der Waals surface area contributed by atoms with Crippen molar-refractivity contribution in [1.82, 2.24) is 15.6 Å². The number of aromatic nitrogens is 1. The van der Waals surface area contributed by atoms with Gasteiger partial charge in [0.15, 0.2) is 5.96 Å². The van der Waals surface area contributed by atoms with Crippen LogP contribution < -0.4 is 15.4 Å². The number of thiazole rings is 1. The first-order valence-electron chi connectivity index (χ1n) is 8.24. The van der Waals surface area contributed by atoms with Crippen molar-refractivity contribution in [2.45, 2.75) is 26.7 Å². The fraction of sp³-hybridized carbons (Fsp3) is 0.444. The first-order chi connectivity index (χ1) is 11.7. The van der Waals surface area contributed by atoms with E-state index in [0.29, 0.717) is 6.61 Å². The second-order valence-corrected chi connectivity index (χ2v) is 6.73. The maximum absolute atomic E-state index is 5.67. The van der Waals surface area contributed by atoms with Crippen LogP contribution in [0.15, 0.2) is 35.3 Å². The van der Waals surface area contributed by atoms with E-state index in [1.807, 2.05) is 30.3 Å². The maximum atomic E-state index is 5.67. The maximum Gasteiger partial charge on any atom is 0.190 e. The third-order valence-corrected chi connectivity index (χ3v) is 4.69. The highest BCUT2D eigenvalue weighted by molar-refractivity contribution is 14.0. The Kier molecular flexibility index (Phi) is 10.5. The van der Waals surface area contributed by atoms with Crippen molar-refractivity contribution in [3.8, 4) is 5.75 Å². The number of rotatable bonds is 8. The Bertz CT molecular complexity index is 626. The Morgan fingerprint density at radius 1 is 1.16 bits per heavy atom. The number of halogens is 1. The van der Waals surface area contributed by atoms with Crippen LogP contribution in [0.1, 0.15) is 22.0 Å². The van der Waals surface area contributed by atoms with Gasteiger partial charge in [0.2, 0.25) is 0 Å². The predicted molar refractivity (Wildman–Crippen MR) is 117 cm³/mol. The number of hydrogen-bond acceptors (Lipinski definition) is 4. The smallest absolute Gasteiger partial charge is 0.190 e. The van der Waals surface area contributed by atoms with Gasteiger partial charge in [-0.1, -0.05) is 18.2 Å². The van der Waals surface area contributed by atoms with Crippen LogP contribution in [0.3, 0.4) is 0 Å². The lowest BCUT2D eigenvalue weighted by Gasteiger charge is -2.11. The quantitative estimate of drug-likeness (QED) is 0.266. The third-order valence-electron chi connectivity index (χ3n) is 3.55. The summed E-state index contributed by atoms with van der Waals surface area (Å²) in [6.07, 6.45) is 1.83. The Labute approximate surface area is 171 Å². The van der Waals surface area contributed by atoms with E-state index in [-0.39, 0.29) is 24.0 Å². The van der Waals surface area contributed by atoms with E-state index in [2.05, 4.69) is 34.5 Å². The number of aliphatic imine (C=N–C) groups is 1. The van der Waals surface area contributed by atoms with Gasteiger partial charge in [-0.15, -0.1) is 35.3 Å². The minimum absolute atomic E-state index is 0. The summed E-state index contributed by atoms with van der Waals surface area (Å²) in [5.74, 6) is 1.73. The number of benzene rings is 1. The summed E-state index contributed by atoms with van der Waals surface area (Å²) >= 11 is 1.77. The molecule has 1 heterocycles. The molecule has 2 aromatic rings. The molecule has 0 amide bonds. The van der Waals surface area contributed by atoms with Gasteiger partial charge in [0.25, 0.3) is 0 Å². The van der Waals surface area contributed by atoms with Crippen molar-refractivity contribution in [1.29, 1.82) is 0 Å². The third kappa shape index (κ3) is 8.04. The van der Waals surface area contributed by atoms with E-state index >= 15 is 0 Å². The van der Waals surface area contributed by atoms with Gasteiger partial charge < -0.3 is 15.4 Å². The van der Waals surface area contributed by atoms with Gasteiger partial charge in [-0.25, -0.2) is 4.98 Å². The largest absolute Gasteiger partial charge is 0.494 e. The summed E-state index contributed by atoms with van der Waals surface area (Å²) in [5.41, 5.74) is 1.14. The van der Waals surface area contributed by atoms with Crippen molar-refractivity contribution < 1.29 is 4.74 Å². The molecular weight excluding hydrogens is 447 g/mol. The number of hydrogen-bond donors (Lipinski definition) is 2. The molecule has 0 bridgehead atoms. The summed E-state index contributed by atoms with van der Waals surface area (Å²) in [7, 11) is 1.79. The molecule has 1 aromatic heterocycles. The molecule has 0 aliphatic heterocycles. The van der Waals surface area contributed by atoms with Crippen LogP contribution in [0.4, 0.5) is 0 Å². The van der Waals surface area contributed by atoms with Gasteiger partial charge in [-0.3, -0.25) is 4.99 Å². The zero-order chi connectivity index (χ0) is 17.2. The Morgan fingerprint density at radius 2 is 1.88 bits per heavy atom. The van der Waals surface area contributed by atoms with Crippen LogP contribution in [0.25, 0.3) is 0 Å². The van der Waals surface area contributed by atoms with Crippen LogP contribution in [0, 0.1) is 13.8 Å². The van der Waals surface area contributed by atoms with Crippen LogP contribution >= 0.6 is 35.3 Å². The van der Waals surface area contributed by atoms with Crippen LogP contribution in [0.5, 0.6) is 5.75 Å². The summed E-state index contributed by atoms with van der Waals surface area (Å²) in [4.78, 5) is 10.1. The van der Waals surface area contributed by atoms with E-state index in [9.17, 15) is 0 Å². The topological polar surface area (TPSA) is 58.5 Å². The molecule has 0 aliphatic carbocycles. The molecule has 2 rings (SSSR count). The molecule has 0 saturated carbocycles. The molecule has 0 saturated heterocycles. The molecule has 25 heavy (non-hydrogen) atoms. The SMILES string of the molecule is CN=C(NCCCOc1ccccc1)NCCc1nc(C)c(C)s1.I. The Balaban J connectivity index is 0.00000312. The molecule has 0 spiro atoms. The average molecular weight is 474 g/mol. The summed E-state index contributed by atoms with van der Waals surface area (Å²) in [6.45, 7) is 6.50. The lowest BCUT2D eigenvalue weighted by molar-refractivity contribution is 0.311. The molecule has 5 nitrogen and oxygen atoms in total. The van der Waals surface area contributed by atoms with Crippen LogP contribution in [-0.2, 0) is 6.42 Å². The Morgan fingerprint density at radius 3 is 2.52 bits per heavy atom. The van der Waals surface area contributed by atoms with E-state index in [4.69, 9.17) is 4.74 Å². The fourth-order valence-electron chi connectivity index (χ4n) is 2.14. The highest BCUT2D eigenvalue weighted by Crippen LogP contribution is 2.16. The standard InChI is InChI=1S/C18H26N4OS.HI/c1-14-15(2)24-17(22-14)10-12-21-18(19-3)20-11-7-13-23-16-8-5-4-6-9-16;/h4-6,8-9H,7,10-13H2,1-3H3,(H2,19,20,21);1H. The predicted octanol–water partition coefficient (Wildman–Crippen LogP) is 3.55. The molecule has 0 aliphatic rings. The second kappa shape index (κ2) is 12.1. The molecule has 0 fully saturated rings. The number of ether oxygens (including phenoxy) is 1. The van der Waals surface area contributed by atoms with E-state index < -0.39 is 0 Å². The molecule has 138 valence electrons. The number of nitrogens with one attached hydrogen (secondary N) is 2. The lowest BCUT2D eigenvalue weighted by Crippen LogP contribution is -2.39. The van der Waals surface area contributed by atoms with Crippen LogP contribution in [-0.4, -0.2) is 37.7 Å². The molecule has 0 radical (unpaired) electrons. The monoisotopic (exact) mass is 474 g/mol.